The summed E-state index contributed by atoms with van der Waals surface area (Å²) in [5, 5.41) is 3.13. The zero-order valence-corrected chi connectivity index (χ0v) is 13.4. The molecule has 5 nitrogen and oxygen atoms in total. The molecule has 6 heteroatoms. The number of benzene rings is 1. The van der Waals surface area contributed by atoms with Gasteiger partial charge in [0.2, 0.25) is 5.95 Å². The molecule has 3 rings (SSSR count). The molecule has 0 spiro atoms. The van der Waals surface area contributed by atoms with E-state index in [9.17, 15) is 4.21 Å². The summed E-state index contributed by atoms with van der Waals surface area (Å²) in [6, 6.07) is 7.49. The van der Waals surface area contributed by atoms with E-state index in [1.54, 1.807) is 0 Å². The highest BCUT2D eigenvalue weighted by Gasteiger charge is 2.22. The molecule has 0 aliphatic heterocycles. The molecule has 0 saturated heterocycles. The average molecular weight is 316 g/mol. The van der Waals surface area contributed by atoms with Crippen LogP contribution in [0, 0.1) is 0 Å². The molecular formula is C16H20N4OS. The predicted octanol–water partition coefficient (Wildman–Crippen LogP) is 3.20. The van der Waals surface area contributed by atoms with Gasteiger partial charge in [0, 0.05) is 28.1 Å². The van der Waals surface area contributed by atoms with E-state index in [0.717, 1.165) is 16.1 Å². The monoisotopic (exact) mass is 316 g/mol. The van der Waals surface area contributed by atoms with Crippen molar-refractivity contribution in [2.75, 3.05) is 16.8 Å². The molecule has 2 aromatic rings. The van der Waals surface area contributed by atoms with Gasteiger partial charge in [0.05, 0.1) is 10.8 Å². The van der Waals surface area contributed by atoms with Crippen LogP contribution in [0.3, 0.4) is 0 Å². The largest absolute Gasteiger partial charge is 0.383 e. The fourth-order valence-electron chi connectivity index (χ4n) is 2.51. The number of aromatic nitrogens is 2. The van der Waals surface area contributed by atoms with Gasteiger partial charge in [0.1, 0.15) is 5.82 Å². The Hall–Kier alpha value is -1.95. The van der Waals surface area contributed by atoms with E-state index < -0.39 is 10.8 Å². The summed E-state index contributed by atoms with van der Waals surface area (Å²) in [5.41, 5.74) is 7.91. The van der Waals surface area contributed by atoms with Crippen LogP contribution in [0.15, 0.2) is 35.4 Å². The van der Waals surface area contributed by atoms with Gasteiger partial charge in [-0.3, -0.25) is 4.21 Å². The van der Waals surface area contributed by atoms with Crippen LogP contribution in [0.4, 0.5) is 17.5 Å². The molecule has 116 valence electrons. The van der Waals surface area contributed by atoms with Crippen molar-refractivity contribution in [2.45, 2.75) is 37.0 Å². The van der Waals surface area contributed by atoms with Gasteiger partial charge < -0.3 is 11.1 Å². The van der Waals surface area contributed by atoms with Gasteiger partial charge in [0.25, 0.3) is 0 Å². The van der Waals surface area contributed by atoms with Gasteiger partial charge in [0.15, 0.2) is 0 Å². The van der Waals surface area contributed by atoms with E-state index in [1.165, 1.54) is 19.3 Å². The molecule has 1 aliphatic carbocycles. The third-order valence-corrected chi connectivity index (χ3v) is 5.31. The first-order valence-electron chi connectivity index (χ1n) is 7.55. The molecular weight excluding hydrogens is 296 g/mol. The van der Waals surface area contributed by atoms with Gasteiger partial charge in [-0.2, -0.15) is 4.98 Å². The highest BCUT2D eigenvalue weighted by atomic mass is 32.2. The first-order chi connectivity index (χ1) is 10.7. The molecule has 1 saturated carbocycles. The second-order valence-electron chi connectivity index (χ2n) is 5.45. The van der Waals surface area contributed by atoms with E-state index in [-0.39, 0.29) is 0 Å². The predicted molar refractivity (Wildman–Crippen MR) is 89.7 cm³/mol. The fraction of sp³-hybridized carbons (Fsp3) is 0.375. The summed E-state index contributed by atoms with van der Waals surface area (Å²) in [6.07, 6.45) is 5.42. The van der Waals surface area contributed by atoms with E-state index >= 15 is 0 Å². The highest BCUT2D eigenvalue weighted by molar-refractivity contribution is 7.85. The lowest BCUT2D eigenvalue weighted by molar-refractivity contribution is 0.419. The molecule has 1 atom stereocenters. The summed E-state index contributed by atoms with van der Waals surface area (Å²) in [4.78, 5) is 9.50. The van der Waals surface area contributed by atoms with Crippen molar-refractivity contribution in [3.05, 3.63) is 36.0 Å². The smallest absolute Gasteiger partial charge is 0.229 e. The Balaban J connectivity index is 1.78. The number of nitrogens with two attached hydrogens (primary N) is 1. The quantitative estimate of drug-likeness (QED) is 0.885. The number of rotatable bonds is 5. The SMILES string of the molecule is CCS(=O)c1cccc(Nc2ncc(C3CCC3)c(N)n2)c1. The summed E-state index contributed by atoms with van der Waals surface area (Å²) in [7, 11) is -0.972. The molecule has 1 unspecified atom stereocenters. The zero-order valence-electron chi connectivity index (χ0n) is 12.6. The van der Waals surface area contributed by atoms with Crippen LogP contribution in [0.2, 0.25) is 0 Å². The number of nitrogens with zero attached hydrogens (tertiary/aromatic N) is 2. The number of nitrogens with one attached hydrogen (secondary N) is 1. The van der Waals surface area contributed by atoms with E-state index in [1.807, 2.05) is 37.4 Å². The molecule has 1 aromatic carbocycles. The molecule has 1 fully saturated rings. The summed E-state index contributed by atoms with van der Waals surface area (Å²) >= 11 is 0. The molecule has 0 bridgehead atoms. The van der Waals surface area contributed by atoms with Gasteiger partial charge in [-0.15, -0.1) is 0 Å². The van der Waals surface area contributed by atoms with Gasteiger partial charge in [-0.1, -0.05) is 19.4 Å². The van der Waals surface area contributed by atoms with Crippen molar-refractivity contribution in [3.8, 4) is 0 Å². The van der Waals surface area contributed by atoms with Crippen LogP contribution in [0.1, 0.15) is 37.7 Å². The summed E-state index contributed by atoms with van der Waals surface area (Å²) < 4.78 is 11.9. The van der Waals surface area contributed by atoms with Crippen molar-refractivity contribution < 1.29 is 4.21 Å². The van der Waals surface area contributed by atoms with Crippen LogP contribution < -0.4 is 11.1 Å². The zero-order chi connectivity index (χ0) is 15.5. The third kappa shape index (κ3) is 3.11. The summed E-state index contributed by atoms with van der Waals surface area (Å²) in [5.74, 6) is 2.14. The Bertz CT molecular complexity index is 700. The maximum absolute atomic E-state index is 11.9. The Morgan fingerprint density at radius 2 is 2.23 bits per heavy atom. The van der Waals surface area contributed by atoms with Crippen LogP contribution in [-0.4, -0.2) is 19.9 Å². The lowest BCUT2D eigenvalue weighted by atomic mass is 9.81. The van der Waals surface area contributed by atoms with Crippen LogP contribution in [-0.2, 0) is 10.8 Å². The molecule has 1 aromatic heterocycles. The Labute approximate surface area is 132 Å². The molecule has 22 heavy (non-hydrogen) atoms. The minimum absolute atomic E-state index is 0.472. The first kappa shape index (κ1) is 15.0. The van der Waals surface area contributed by atoms with E-state index in [0.29, 0.717) is 23.4 Å². The highest BCUT2D eigenvalue weighted by Crippen LogP contribution is 2.38. The Morgan fingerprint density at radius 3 is 2.86 bits per heavy atom. The molecule has 1 aliphatic rings. The van der Waals surface area contributed by atoms with Crippen LogP contribution in [0.5, 0.6) is 0 Å². The van der Waals surface area contributed by atoms with E-state index in [2.05, 4.69) is 15.3 Å². The normalized spacial score (nSPS) is 16.0. The van der Waals surface area contributed by atoms with Crippen molar-refractivity contribution >= 4 is 28.3 Å². The molecule has 3 N–H and O–H groups in total. The Morgan fingerprint density at radius 1 is 1.41 bits per heavy atom. The van der Waals surface area contributed by atoms with Crippen LogP contribution >= 0.6 is 0 Å². The fourth-order valence-corrected chi connectivity index (χ4v) is 3.33. The minimum Gasteiger partial charge on any atom is -0.383 e. The second-order valence-corrected chi connectivity index (χ2v) is 7.19. The van der Waals surface area contributed by atoms with Gasteiger partial charge in [-0.25, -0.2) is 4.98 Å². The number of anilines is 3. The lowest BCUT2D eigenvalue weighted by Gasteiger charge is -2.26. The van der Waals surface area contributed by atoms with Crippen molar-refractivity contribution in [1.82, 2.24) is 9.97 Å². The molecule has 1 heterocycles. The lowest BCUT2D eigenvalue weighted by Crippen LogP contribution is -2.13. The number of hydrogen-bond acceptors (Lipinski definition) is 5. The van der Waals surface area contributed by atoms with Gasteiger partial charge in [-0.05, 0) is 37.0 Å². The summed E-state index contributed by atoms with van der Waals surface area (Å²) in [6.45, 7) is 1.90. The van der Waals surface area contributed by atoms with Crippen molar-refractivity contribution in [1.29, 1.82) is 0 Å². The topological polar surface area (TPSA) is 80.9 Å². The van der Waals surface area contributed by atoms with Gasteiger partial charge >= 0.3 is 0 Å². The molecule has 0 amide bonds. The molecule has 0 radical (unpaired) electrons. The maximum Gasteiger partial charge on any atom is 0.229 e. The number of nitrogen functional groups attached to an aromatic ring is 1. The van der Waals surface area contributed by atoms with Crippen molar-refractivity contribution in [2.24, 2.45) is 0 Å². The standard InChI is InChI=1S/C16H20N4OS/c1-2-22(21)13-8-4-7-12(9-13)19-16-18-10-14(15(17)20-16)11-5-3-6-11/h4,7-11H,2-3,5-6H2,1H3,(H3,17,18,19,20). The van der Waals surface area contributed by atoms with E-state index in [4.69, 9.17) is 5.73 Å². The third-order valence-electron chi connectivity index (χ3n) is 4.01. The maximum atomic E-state index is 11.9. The first-order valence-corrected chi connectivity index (χ1v) is 8.87. The average Bonchev–Trinajstić information content (AvgIpc) is 2.47. The number of hydrogen-bond donors (Lipinski definition) is 2. The van der Waals surface area contributed by atoms with Crippen molar-refractivity contribution in [3.63, 3.8) is 0 Å². The second kappa shape index (κ2) is 6.44. The Kier molecular flexibility index (Phi) is 4.38. The minimum atomic E-state index is -0.972. The van der Waals surface area contributed by atoms with Crippen LogP contribution in [0.25, 0.3) is 0 Å².